The summed E-state index contributed by atoms with van der Waals surface area (Å²) in [6.07, 6.45) is 2.08. The first-order valence-electron chi connectivity index (χ1n) is 7.12. The molecule has 3 rings (SSSR count). The molecule has 1 aromatic rings. The molecule has 5 nitrogen and oxygen atoms in total. The molecule has 0 N–H and O–H groups in total. The van der Waals surface area contributed by atoms with Gasteiger partial charge in [-0.2, -0.15) is 0 Å². The van der Waals surface area contributed by atoms with Crippen molar-refractivity contribution in [3.8, 4) is 5.75 Å². The van der Waals surface area contributed by atoms with E-state index in [2.05, 4.69) is 0 Å². The fraction of sp³-hybridized carbons (Fsp3) is 0.438. The largest absolute Gasteiger partial charge is 0.485 e. The van der Waals surface area contributed by atoms with Crippen LogP contribution in [-0.2, 0) is 14.3 Å². The molecule has 1 atom stereocenters. The quantitative estimate of drug-likeness (QED) is 0.483. The standard InChI is InChI=1S/C16H16O5/c1-2-20-15(19)14(18)12-13(17)10-6-3-4-7-11(10)21-16(12)8-5-9-16/h3-4,6-7,12H,2,5,8-9H2,1H3. The topological polar surface area (TPSA) is 69.7 Å². The fourth-order valence-electron chi connectivity index (χ4n) is 3.03. The van der Waals surface area contributed by atoms with Crippen LogP contribution in [0, 0.1) is 5.92 Å². The molecule has 1 unspecified atom stereocenters. The summed E-state index contributed by atoms with van der Waals surface area (Å²) in [5, 5.41) is 0. The van der Waals surface area contributed by atoms with Crippen LogP contribution in [0.2, 0.25) is 0 Å². The number of carbonyl (C=O) groups is 3. The lowest BCUT2D eigenvalue weighted by Gasteiger charge is -2.48. The summed E-state index contributed by atoms with van der Waals surface area (Å²) in [4.78, 5) is 36.8. The summed E-state index contributed by atoms with van der Waals surface area (Å²) < 4.78 is 10.7. The summed E-state index contributed by atoms with van der Waals surface area (Å²) in [7, 11) is 0. The maximum absolute atomic E-state index is 12.7. The van der Waals surface area contributed by atoms with Crippen LogP contribution in [0.3, 0.4) is 0 Å². The molecule has 0 aromatic heterocycles. The second-order valence-corrected chi connectivity index (χ2v) is 5.40. The third-order valence-electron chi connectivity index (χ3n) is 4.19. The van der Waals surface area contributed by atoms with Gasteiger partial charge in [0.15, 0.2) is 5.78 Å². The van der Waals surface area contributed by atoms with Gasteiger partial charge < -0.3 is 9.47 Å². The number of esters is 1. The minimum atomic E-state index is -1.08. The van der Waals surface area contributed by atoms with Crippen molar-refractivity contribution in [2.24, 2.45) is 5.92 Å². The first-order chi connectivity index (χ1) is 10.1. The van der Waals surface area contributed by atoms with Crippen molar-refractivity contribution < 1.29 is 23.9 Å². The van der Waals surface area contributed by atoms with Crippen LogP contribution in [0.15, 0.2) is 24.3 Å². The molecule has 0 amide bonds. The van der Waals surface area contributed by atoms with Gasteiger partial charge in [0.1, 0.15) is 17.3 Å². The number of hydrogen-bond donors (Lipinski definition) is 0. The number of carbonyl (C=O) groups excluding carboxylic acids is 3. The zero-order valence-corrected chi connectivity index (χ0v) is 11.8. The van der Waals surface area contributed by atoms with Gasteiger partial charge in [-0.3, -0.25) is 9.59 Å². The fourth-order valence-corrected chi connectivity index (χ4v) is 3.03. The normalized spacial score (nSPS) is 22.0. The van der Waals surface area contributed by atoms with Gasteiger partial charge in [-0.25, -0.2) is 4.79 Å². The lowest BCUT2D eigenvalue weighted by Crippen LogP contribution is -2.59. The van der Waals surface area contributed by atoms with Crippen molar-refractivity contribution in [3.05, 3.63) is 29.8 Å². The number of hydrogen-bond acceptors (Lipinski definition) is 5. The Labute approximate surface area is 122 Å². The first kappa shape index (κ1) is 13.8. The Hall–Kier alpha value is -2.17. The van der Waals surface area contributed by atoms with Gasteiger partial charge in [0, 0.05) is 0 Å². The van der Waals surface area contributed by atoms with Crippen LogP contribution in [0.1, 0.15) is 36.5 Å². The minimum Gasteiger partial charge on any atom is -0.485 e. The lowest BCUT2D eigenvalue weighted by molar-refractivity contribution is -0.160. The third-order valence-corrected chi connectivity index (χ3v) is 4.19. The number of ketones is 2. The molecule has 1 aromatic carbocycles. The predicted octanol–water partition coefficient (Wildman–Crippen LogP) is 1.93. The van der Waals surface area contributed by atoms with Crippen molar-refractivity contribution in [3.63, 3.8) is 0 Å². The van der Waals surface area contributed by atoms with Crippen LogP contribution in [0.5, 0.6) is 5.75 Å². The Kier molecular flexibility index (Phi) is 3.27. The molecule has 1 aliphatic heterocycles. The molecule has 21 heavy (non-hydrogen) atoms. The molecule has 0 radical (unpaired) electrons. The van der Waals surface area contributed by atoms with Gasteiger partial charge in [-0.15, -0.1) is 0 Å². The van der Waals surface area contributed by atoms with Crippen molar-refractivity contribution in [2.75, 3.05) is 6.61 Å². The van der Waals surface area contributed by atoms with E-state index in [1.807, 2.05) is 0 Å². The number of fused-ring (bicyclic) bond motifs is 1. The molecule has 1 saturated carbocycles. The molecule has 110 valence electrons. The monoisotopic (exact) mass is 288 g/mol. The number of rotatable bonds is 3. The average Bonchev–Trinajstić information content (AvgIpc) is 2.45. The van der Waals surface area contributed by atoms with Crippen molar-refractivity contribution in [1.82, 2.24) is 0 Å². The number of ether oxygens (including phenoxy) is 2. The molecule has 0 saturated heterocycles. The molecular formula is C16H16O5. The predicted molar refractivity (Wildman–Crippen MR) is 73.1 cm³/mol. The van der Waals surface area contributed by atoms with E-state index in [4.69, 9.17) is 9.47 Å². The summed E-state index contributed by atoms with van der Waals surface area (Å²) >= 11 is 0. The van der Waals surface area contributed by atoms with Crippen LogP contribution < -0.4 is 4.74 Å². The van der Waals surface area contributed by atoms with E-state index < -0.39 is 23.3 Å². The van der Waals surface area contributed by atoms with Gasteiger partial charge >= 0.3 is 5.97 Å². The van der Waals surface area contributed by atoms with Gasteiger partial charge in [-0.05, 0) is 38.3 Å². The maximum Gasteiger partial charge on any atom is 0.375 e. The highest BCUT2D eigenvalue weighted by Crippen LogP contribution is 2.48. The Morgan fingerprint density at radius 1 is 1.33 bits per heavy atom. The molecule has 1 spiro atoms. The molecule has 2 aliphatic rings. The van der Waals surface area contributed by atoms with E-state index in [0.29, 0.717) is 24.2 Å². The highest BCUT2D eigenvalue weighted by molar-refractivity contribution is 6.40. The van der Waals surface area contributed by atoms with E-state index in [9.17, 15) is 14.4 Å². The van der Waals surface area contributed by atoms with Crippen LogP contribution in [-0.4, -0.2) is 29.7 Å². The number of para-hydroxylation sites is 1. The van der Waals surface area contributed by atoms with E-state index in [1.165, 1.54) is 0 Å². The maximum atomic E-state index is 12.7. The first-order valence-corrected chi connectivity index (χ1v) is 7.12. The van der Waals surface area contributed by atoms with E-state index in [-0.39, 0.29) is 12.4 Å². The Bertz CT molecular complexity index is 615. The van der Waals surface area contributed by atoms with Crippen LogP contribution >= 0.6 is 0 Å². The van der Waals surface area contributed by atoms with Gasteiger partial charge in [0.25, 0.3) is 5.78 Å². The second kappa shape index (κ2) is 4.98. The average molecular weight is 288 g/mol. The van der Waals surface area contributed by atoms with Gasteiger partial charge in [0.05, 0.1) is 12.2 Å². The highest BCUT2D eigenvalue weighted by Gasteiger charge is 2.58. The van der Waals surface area contributed by atoms with E-state index in [1.54, 1.807) is 31.2 Å². The lowest BCUT2D eigenvalue weighted by atomic mass is 9.65. The highest BCUT2D eigenvalue weighted by atomic mass is 16.5. The molecule has 1 aliphatic carbocycles. The third kappa shape index (κ3) is 2.04. The molecule has 5 heteroatoms. The summed E-state index contributed by atoms with van der Waals surface area (Å²) in [6.45, 7) is 1.73. The molecule has 1 heterocycles. The Morgan fingerprint density at radius 2 is 2.05 bits per heavy atom. The smallest absolute Gasteiger partial charge is 0.375 e. The summed E-state index contributed by atoms with van der Waals surface area (Å²) in [5.74, 6) is -2.67. The molecule has 1 fully saturated rings. The minimum absolute atomic E-state index is 0.107. The van der Waals surface area contributed by atoms with Crippen LogP contribution in [0.25, 0.3) is 0 Å². The molecule has 0 bridgehead atoms. The second-order valence-electron chi connectivity index (χ2n) is 5.40. The van der Waals surface area contributed by atoms with Crippen molar-refractivity contribution in [2.45, 2.75) is 31.8 Å². The zero-order valence-electron chi connectivity index (χ0n) is 11.8. The zero-order chi connectivity index (χ0) is 15.0. The number of Topliss-reactive ketones (excluding diaryl/α,β-unsaturated/α-hetero) is 2. The number of benzene rings is 1. The van der Waals surface area contributed by atoms with Gasteiger partial charge in [-0.1, -0.05) is 12.1 Å². The molecular weight excluding hydrogens is 272 g/mol. The SMILES string of the molecule is CCOC(=O)C(=O)C1C(=O)c2ccccc2OC12CCC2. The van der Waals surface area contributed by atoms with Crippen LogP contribution in [0.4, 0.5) is 0 Å². The van der Waals surface area contributed by atoms with Crippen molar-refractivity contribution in [1.29, 1.82) is 0 Å². The van der Waals surface area contributed by atoms with E-state index >= 15 is 0 Å². The summed E-state index contributed by atoms with van der Waals surface area (Å²) in [6, 6.07) is 6.84. The summed E-state index contributed by atoms with van der Waals surface area (Å²) in [5.41, 5.74) is -0.507. The van der Waals surface area contributed by atoms with Crippen molar-refractivity contribution >= 4 is 17.5 Å². The Balaban J connectivity index is 2.00. The van der Waals surface area contributed by atoms with Gasteiger partial charge in [0.2, 0.25) is 0 Å². The van der Waals surface area contributed by atoms with E-state index in [0.717, 1.165) is 6.42 Å². The Morgan fingerprint density at radius 3 is 2.67 bits per heavy atom.